The molecule has 0 radical (unpaired) electrons. The molecule has 0 saturated heterocycles. The van der Waals surface area contributed by atoms with E-state index in [1.165, 1.54) is 35.6 Å². The van der Waals surface area contributed by atoms with Gasteiger partial charge in [0.1, 0.15) is 10.8 Å². The summed E-state index contributed by atoms with van der Waals surface area (Å²) in [5.41, 5.74) is 0.667. The van der Waals surface area contributed by atoms with Crippen LogP contribution in [0, 0.1) is 0 Å². The minimum atomic E-state index is -4.71. The van der Waals surface area contributed by atoms with Gasteiger partial charge in [0.25, 0.3) is 0 Å². The van der Waals surface area contributed by atoms with Crippen LogP contribution < -0.4 is 10.1 Å². The first-order valence-electron chi connectivity index (χ1n) is 6.83. The Hall–Kier alpha value is -2.09. The number of carbonyl (C=O) groups excluding carboxylic acids is 1. The Morgan fingerprint density at radius 3 is 2.52 bits per heavy atom. The van der Waals surface area contributed by atoms with Crippen molar-refractivity contribution in [1.82, 2.24) is 10.3 Å². The van der Waals surface area contributed by atoms with E-state index in [1.54, 1.807) is 6.20 Å². The summed E-state index contributed by atoms with van der Waals surface area (Å²) in [6.07, 6.45) is -2.88. The van der Waals surface area contributed by atoms with Gasteiger partial charge in [0.2, 0.25) is 5.91 Å². The van der Waals surface area contributed by atoms with Crippen molar-refractivity contribution in [3.63, 3.8) is 0 Å². The fourth-order valence-electron chi connectivity index (χ4n) is 1.85. The molecule has 2 rings (SSSR count). The van der Waals surface area contributed by atoms with E-state index in [1.807, 2.05) is 13.8 Å². The smallest absolute Gasteiger partial charge is 0.406 e. The first-order chi connectivity index (χ1) is 10.7. The van der Waals surface area contributed by atoms with Crippen molar-refractivity contribution >= 4 is 17.2 Å². The van der Waals surface area contributed by atoms with E-state index in [2.05, 4.69) is 15.0 Å². The molecule has 23 heavy (non-hydrogen) atoms. The van der Waals surface area contributed by atoms with Crippen LogP contribution in [0.25, 0.3) is 10.6 Å². The van der Waals surface area contributed by atoms with Crippen molar-refractivity contribution in [1.29, 1.82) is 0 Å². The number of alkyl halides is 3. The second-order valence-electron chi connectivity index (χ2n) is 5.10. The van der Waals surface area contributed by atoms with Crippen LogP contribution in [-0.4, -0.2) is 23.3 Å². The van der Waals surface area contributed by atoms with Crippen LogP contribution in [0.5, 0.6) is 5.75 Å². The molecule has 0 aliphatic carbocycles. The van der Waals surface area contributed by atoms with E-state index in [4.69, 9.17) is 0 Å². The van der Waals surface area contributed by atoms with Crippen LogP contribution >= 0.6 is 11.3 Å². The third-order valence-corrected chi connectivity index (χ3v) is 3.72. The van der Waals surface area contributed by atoms with E-state index in [0.29, 0.717) is 10.6 Å². The van der Waals surface area contributed by atoms with Crippen LogP contribution in [0.4, 0.5) is 13.2 Å². The molecule has 1 aromatic heterocycles. The number of rotatable bonds is 5. The molecule has 0 saturated carbocycles. The molecule has 124 valence electrons. The average molecular weight is 344 g/mol. The Kier molecular flexibility index (Phi) is 5.25. The van der Waals surface area contributed by atoms with Crippen LogP contribution in [0.2, 0.25) is 0 Å². The molecule has 0 spiro atoms. The van der Waals surface area contributed by atoms with Gasteiger partial charge in [0.15, 0.2) is 0 Å². The van der Waals surface area contributed by atoms with Crippen LogP contribution in [-0.2, 0) is 11.2 Å². The van der Waals surface area contributed by atoms with Crippen LogP contribution in [0.3, 0.4) is 0 Å². The molecule has 1 amide bonds. The zero-order valence-electron chi connectivity index (χ0n) is 12.5. The van der Waals surface area contributed by atoms with E-state index in [-0.39, 0.29) is 24.1 Å². The number of aromatic nitrogens is 1. The number of thiazole rings is 1. The van der Waals surface area contributed by atoms with Gasteiger partial charge in [-0.2, -0.15) is 0 Å². The molecule has 1 heterocycles. The monoisotopic (exact) mass is 344 g/mol. The highest BCUT2D eigenvalue weighted by Crippen LogP contribution is 2.29. The Labute approximate surface area is 135 Å². The number of carbonyl (C=O) groups is 1. The highest BCUT2D eigenvalue weighted by atomic mass is 32.1. The van der Waals surface area contributed by atoms with Gasteiger partial charge < -0.3 is 10.1 Å². The number of nitrogens with one attached hydrogen (secondary N) is 1. The maximum Gasteiger partial charge on any atom is 0.573 e. The summed E-state index contributed by atoms with van der Waals surface area (Å²) in [6, 6.07) is 5.52. The van der Waals surface area contributed by atoms with Crippen molar-refractivity contribution in [2.75, 3.05) is 0 Å². The van der Waals surface area contributed by atoms with E-state index < -0.39 is 6.36 Å². The lowest BCUT2D eigenvalue weighted by Gasteiger charge is -2.08. The summed E-state index contributed by atoms with van der Waals surface area (Å²) >= 11 is 1.33. The molecule has 0 unspecified atom stereocenters. The van der Waals surface area contributed by atoms with Gasteiger partial charge in [-0.1, -0.05) is 0 Å². The molecular weight excluding hydrogens is 329 g/mol. The Morgan fingerprint density at radius 2 is 1.96 bits per heavy atom. The van der Waals surface area contributed by atoms with Gasteiger partial charge in [-0.25, -0.2) is 4.98 Å². The lowest BCUT2D eigenvalue weighted by Crippen LogP contribution is -2.31. The SMILES string of the molecule is CC(C)NC(=O)Cc1cnc(-c2ccc(OC(F)(F)F)cc2)s1. The van der Waals surface area contributed by atoms with Gasteiger partial charge in [-0.15, -0.1) is 24.5 Å². The summed E-state index contributed by atoms with van der Waals surface area (Å²) in [5.74, 6) is -0.376. The standard InChI is InChI=1S/C15H15F3N2O2S/c1-9(2)20-13(21)7-12-8-19-14(23-12)10-3-5-11(6-4-10)22-15(16,17)18/h3-6,8-9H,7H2,1-2H3,(H,20,21). The topological polar surface area (TPSA) is 51.2 Å². The number of ether oxygens (including phenoxy) is 1. The Balaban J connectivity index is 2.04. The highest BCUT2D eigenvalue weighted by molar-refractivity contribution is 7.15. The number of hydrogen-bond acceptors (Lipinski definition) is 4. The van der Waals surface area contributed by atoms with Crippen molar-refractivity contribution in [3.05, 3.63) is 35.3 Å². The van der Waals surface area contributed by atoms with Gasteiger partial charge >= 0.3 is 6.36 Å². The van der Waals surface area contributed by atoms with E-state index >= 15 is 0 Å². The fraction of sp³-hybridized carbons (Fsp3) is 0.333. The fourth-order valence-corrected chi connectivity index (χ4v) is 2.77. The number of hydrogen-bond donors (Lipinski definition) is 1. The third-order valence-electron chi connectivity index (χ3n) is 2.67. The first-order valence-corrected chi connectivity index (χ1v) is 7.65. The molecule has 0 bridgehead atoms. The molecule has 2 aromatic rings. The second kappa shape index (κ2) is 6.99. The summed E-state index contributed by atoms with van der Waals surface area (Å²) in [4.78, 5) is 16.7. The molecule has 4 nitrogen and oxygen atoms in total. The highest BCUT2D eigenvalue weighted by Gasteiger charge is 2.31. The summed E-state index contributed by atoms with van der Waals surface area (Å²) < 4.78 is 40.1. The Morgan fingerprint density at radius 1 is 1.30 bits per heavy atom. The minimum Gasteiger partial charge on any atom is -0.406 e. The molecule has 1 N–H and O–H groups in total. The van der Waals surface area contributed by atoms with Gasteiger partial charge in [0, 0.05) is 22.7 Å². The molecular formula is C15H15F3N2O2S. The molecule has 0 aliphatic rings. The molecule has 0 atom stereocenters. The molecule has 8 heteroatoms. The van der Waals surface area contributed by atoms with Crippen LogP contribution in [0.1, 0.15) is 18.7 Å². The Bertz CT molecular complexity index is 666. The quantitative estimate of drug-likeness (QED) is 0.898. The predicted octanol–water partition coefficient (Wildman–Crippen LogP) is 3.78. The lowest BCUT2D eigenvalue weighted by molar-refractivity contribution is -0.274. The van der Waals surface area contributed by atoms with Crippen molar-refractivity contribution in [2.24, 2.45) is 0 Å². The second-order valence-corrected chi connectivity index (χ2v) is 6.22. The van der Waals surface area contributed by atoms with Crippen molar-refractivity contribution in [3.8, 4) is 16.3 Å². The van der Waals surface area contributed by atoms with Gasteiger partial charge in [0.05, 0.1) is 6.42 Å². The molecule has 0 aliphatic heterocycles. The minimum absolute atomic E-state index is 0.0658. The lowest BCUT2D eigenvalue weighted by atomic mass is 10.2. The number of halogens is 3. The zero-order valence-corrected chi connectivity index (χ0v) is 13.3. The number of amides is 1. The first kappa shape index (κ1) is 17.3. The maximum absolute atomic E-state index is 12.1. The predicted molar refractivity (Wildman–Crippen MR) is 81.2 cm³/mol. The summed E-state index contributed by atoms with van der Waals surface area (Å²) in [7, 11) is 0. The maximum atomic E-state index is 12.1. The zero-order chi connectivity index (χ0) is 17.0. The largest absolute Gasteiger partial charge is 0.573 e. The number of benzene rings is 1. The van der Waals surface area contributed by atoms with Gasteiger partial charge in [-0.3, -0.25) is 4.79 Å². The van der Waals surface area contributed by atoms with Crippen molar-refractivity contribution < 1.29 is 22.7 Å². The molecule has 0 fully saturated rings. The summed E-state index contributed by atoms with van der Waals surface area (Å²) in [5, 5.41) is 3.42. The average Bonchev–Trinajstić information content (AvgIpc) is 2.85. The normalized spacial score (nSPS) is 11.6. The van der Waals surface area contributed by atoms with E-state index in [9.17, 15) is 18.0 Å². The van der Waals surface area contributed by atoms with Crippen molar-refractivity contribution in [2.45, 2.75) is 32.7 Å². The van der Waals surface area contributed by atoms with Crippen LogP contribution in [0.15, 0.2) is 30.5 Å². The molecule has 1 aromatic carbocycles. The number of nitrogens with zero attached hydrogens (tertiary/aromatic N) is 1. The van der Waals surface area contributed by atoms with Gasteiger partial charge in [-0.05, 0) is 38.1 Å². The third kappa shape index (κ3) is 5.55. The van der Waals surface area contributed by atoms with E-state index in [0.717, 1.165) is 4.88 Å². The summed E-state index contributed by atoms with van der Waals surface area (Å²) in [6.45, 7) is 3.75.